The number of amides is 1. The van der Waals surface area contributed by atoms with E-state index in [-0.39, 0.29) is 17.8 Å². The Hall–Kier alpha value is -2.92. The monoisotopic (exact) mass is 378 g/mol. The fourth-order valence-electron chi connectivity index (χ4n) is 3.25. The van der Waals surface area contributed by atoms with E-state index in [2.05, 4.69) is 16.4 Å². The van der Waals surface area contributed by atoms with Crippen molar-refractivity contribution in [3.05, 3.63) is 94.1 Å². The van der Waals surface area contributed by atoms with Crippen LogP contribution in [0.5, 0.6) is 0 Å². The van der Waals surface area contributed by atoms with Crippen molar-refractivity contribution in [2.45, 2.75) is 18.9 Å². The number of hydrogen-bond acceptors (Lipinski definition) is 2. The number of halogens is 1. The molecule has 1 amide bonds. The number of benzene rings is 2. The number of fused-ring (bicyclic) bond motifs is 1. The van der Waals surface area contributed by atoms with E-state index >= 15 is 0 Å². The first kappa shape index (κ1) is 17.5. The zero-order valence-electron chi connectivity index (χ0n) is 14.6. The number of hydrogen-bond donors (Lipinski definition) is 2. The number of aryl methyl sites for hydroxylation is 1. The maximum Gasteiger partial charge on any atom is 0.221 e. The van der Waals surface area contributed by atoms with Crippen molar-refractivity contribution in [2.75, 3.05) is 0 Å². The van der Waals surface area contributed by atoms with E-state index in [0.717, 1.165) is 26.9 Å². The zero-order valence-corrected chi connectivity index (χ0v) is 15.4. The fraction of sp³-hybridized carbons (Fsp3) is 0.136. The smallest absolute Gasteiger partial charge is 0.221 e. The van der Waals surface area contributed by atoms with E-state index < -0.39 is 0 Å². The highest BCUT2D eigenvalue weighted by Crippen LogP contribution is 2.26. The summed E-state index contributed by atoms with van der Waals surface area (Å²) in [6.45, 7) is 0. The van der Waals surface area contributed by atoms with Gasteiger partial charge in [-0.1, -0.05) is 36.4 Å². The molecular weight excluding hydrogens is 359 g/mol. The predicted molar refractivity (Wildman–Crippen MR) is 107 cm³/mol. The summed E-state index contributed by atoms with van der Waals surface area (Å²) in [5.74, 6) is -0.308. The Morgan fingerprint density at radius 3 is 2.67 bits per heavy atom. The first-order valence-corrected chi connectivity index (χ1v) is 9.72. The lowest BCUT2D eigenvalue weighted by Gasteiger charge is -2.18. The largest absolute Gasteiger partial charge is 0.361 e. The summed E-state index contributed by atoms with van der Waals surface area (Å²) in [5, 5.41) is 6.23. The molecule has 1 atom stereocenters. The summed E-state index contributed by atoms with van der Waals surface area (Å²) < 4.78 is 13.3. The minimum atomic E-state index is -0.283. The van der Waals surface area contributed by atoms with Gasteiger partial charge < -0.3 is 10.3 Å². The Balaban J connectivity index is 1.48. The minimum absolute atomic E-state index is 0.0250. The van der Waals surface area contributed by atoms with Crippen molar-refractivity contribution in [1.29, 1.82) is 0 Å². The van der Waals surface area contributed by atoms with Crippen molar-refractivity contribution in [2.24, 2.45) is 0 Å². The van der Waals surface area contributed by atoms with Crippen molar-refractivity contribution < 1.29 is 9.18 Å². The summed E-state index contributed by atoms with van der Waals surface area (Å²) in [6, 6.07) is 18.0. The van der Waals surface area contributed by atoms with Crippen LogP contribution in [0.2, 0.25) is 0 Å². The highest BCUT2D eigenvalue weighted by atomic mass is 32.1. The van der Waals surface area contributed by atoms with E-state index in [1.165, 1.54) is 12.1 Å². The average Bonchev–Trinajstić information content (AvgIpc) is 3.35. The van der Waals surface area contributed by atoms with Gasteiger partial charge in [0.05, 0.1) is 6.04 Å². The number of aromatic amines is 1. The Bertz CT molecular complexity index is 1040. The standard InChI is InChI=1S/C22H19FN2OS/c23-17-10-7-15(8-11-17)22(20-6-3-13-27-20)25-21(26)12-9-16-14-24-19-5-2-1-4-18(16)19/h1-8,10-11,13-14,22,24H,9,12H2,(H,25,26)/t22-/m0/s1. The van der Waals surface area contributed by atoms with Gasteiger partial charge in [-0.05, 0) is 47.2 Å². The molecule has 5 heteroatoms. The predicted octanol–water partition coefficient (Wildman–Crippen LogP) is 5.21. The molecule has 4 aromatic rings. The zero-order chi connectivity index (χ0) is 18.6. The molecule has 0 spiro atoms. The third kappa shape index (κ3) is 3.93. The van der Waals surface area contributed by atoms with Crippen LogP contribution >= 0.6 is 11.3 Å². The number of para-hydroxylation sites is 1. The summed E-state index contributed by atoms with van der Waals surface area (Å²) in [4.78, 5) is 16.9. The van der Waals surface area contributed by atoms with Gasteiger partial charge in [0.15, 0.2) is 0 Å². The molecule has 3 nitrogen and oxygen atoms in total. The lowest BCUT2D eigenvalue weighted by Crippen LogP contribution is -2.29. The van der Waals surface area contributed by atoms with E-state index in [0.29, 0.717) is 12.8 Å². The molecular formula is C22H19FN2OS. The number of carbonyl (C=O) groups is 1. The summed E-state index contributed by atoms with van der Waals surface area (Å²) in [6.07, 6.45) is 3.02. The van der Waals surface area contributed by atoms with Crippen LogP contribution in [0, 0.1) is 5.82 Å². The van der Waals surface area contributed by atoms with Crippen molar-refractivity contribution in [3.8, 4) is 0 Å². The second-order valence-corrected chi connectivity index (χ2v) is 7.41. The van der Waals surface area contributed by atoms with Gasteiger partial charge in [-0.15, -0.1) is 11.3 Å². The SMILES string of the molecule is O=C(CCc1c[nH]c2ccccc12)N[C@@H](c1ccc(F)cc1)c1cccs1. The molecule has 2 aromatic heterocycles. The summed E-state index contributed by atoms with van der Waals surface area (Å²) in [5.41, 5.74) is 3.09. The van der Waals surface area contributed by atoms with Crippen LogP contribution in [0.15, 0.2) is 72.2 Å². The highest BCUT2D eigenvalue weighted by Gasteiger charge is 2.18. The van der Waals surface area contributed by atoms with Crippen LogP contribution in [-0.2, 0) is 11.2 Å². The quantitative estimate of drug-likeness (QED) is 0.475. The number of aromatic nitrogens is 1. The second kappa shape index (κ2) is 7.76. The third-order valence-electron chi connectivity index (χ3n) is 4.63. The van der Waals surface area contributed by atoms with Crippen LogP contribution < -0.4 is 5.32 Å². The van der Waals surface area contributed by atoms with Gasteiger partial charge in [-0.3, -0.25) is 4.79 Å². The molecule has 0 radical (unpaired) electrons. The van der Waals surface area contributed by atoms with E-state index in [9.17, 15) is 9.18 Å². The average molecular weight is 378 g/mol. The molecule has 0 unspecified atom stereocenters. The van der Waals surface area contributed by atoms with E-state index in [4.69, 9.17) is 0 Å². The van der Waals surface area contributed by atoms with Gasteiger partial charge in [0.1, 0.15) is 5.82 Å². The summed E-state index contributed by atoms with van der Waals surface area (Å²) in [7, 11) is 0. The van der Waals surface area contributed by atoms with Gasteiger partial charge in [-0.25, -0.2) is 4.39 Å². The van der Waals surface area contributed by atoms with Gasteiger partial charge in [0.25, 0.3) is 0 Å². The molecule has 0 bridgehead atoms. The minimum Gasteiger partial charge on any atom is -0.361 e. The Labute approximate surface area is 160 Å². The van der Waals surface area contributed by atoms with Gasteiger partial charge in [-0.2, -0.15) is 0 Å². The van der Waals surface area contributed by atoms with Crippen molar-refractivity contribution in [1.82, 2.24) is 10.3 Å². The lowest BCUT2D eigenvalue weighted by molar-refractivity contribution is -0.121. The number of H-pyrrole nitrogens is 1. The summed E-state index contributed by atoms with van der Waals surface area (Å²) >= 11 is 1.58. The van der Waals surface area contributed by atoms with E-state index in [1.54, 1.807) is 23.5 Å². The maximum absolute atomic E-state index is 13.3. The fourth-order valence-corrected chi connectivity index (χ4v) is 4.05. The number of rotatable bonds is 6. The van der Waals surface area contributed by atoms with Crippen LogP contribution in [0.4, 0.5) is 4.39 Å². The Kier molecular flexibility index (Phi) is 5.03. The lowest BCUT2D eigenvalue weighted by atomic mass is 10.0. The molecule has 4 rings (SSSR count). The Morgan fingerprint density at radius 2 is 1.89 bits per heavy atom. The molecule has 27 heavy (non-hydrogen) atoms. The number of nitrogens with one attached hydrogen (secondary N) is 2. The molecule has 0 fully saturated rings. The molecule has 0 aliphatic carbocycles. The van der Waals surface area contributed by atoms with Crippen molar-refractivity contribution >= 4 is 28.1 Å². The number of thiophene rings is 1. The molecule has 2 heterocycles. The molecule has 2 N–H and O–H groups in total. The first-order chi connectivity index (χ1) is 13.2. The van der Waals surface area contributed by atoms with Crippen molar-refractivity contribution in [3.63, 3.8) is 0 Å². The van der Waals surface area contributed by atoms with Gasteiger partial charge >= 0.3 is 0 Å². The molecule has 0 aliphatic rings. The third-order valence-corrected chi connectivity index (χ3v) is 5.57. The Morgan fingerprint density at radius 1 is 1.07 bits per heavy atom. The molecule has 0 saturated heterocycles. The normalized spacial score (nSPS) is 12.2. The van der Waals surface area contributed by atoms with Crippen LogP contribution in [0.1, 0.15) is 28.5 Å². The molecule has 0 saturated carbocycles. The maximum atomic E-state index is 13.3. The number of carbonyl (C=O) groups excluding carboxylic acids is 1. The van der Waals surface area contributed by atoms with Crippen LogP contribution in [0.25, 0.3) is 10.9 Å². The topological polar surface area (TPSA) is 44.9 Å². The molecule has 2 aromatic carbocycles. The second-order valence-electron chi connectivity index (χ2n) is 6.43. The highest BCUT2D eigenvalue weighted by molar-refractivity contribution is 7.10. The van der Waals surface area contributed by atoms with Gasteiger partial charge in [0.2, 0.25) is 5.91 Å². The van der Waals surface area contributed by atoms with Crippen LogP contribution in [-0.4, -0.2) is 10.9 Å². The van der Waals surface area contributed by atoms with E-state index in [1.807, 2.05) is 41.9 Å². The first-order valence-electron chi connectivity index (χ1n) is 8.84. The van der Waals surface area contributed by atoms with Crippen LogP contribution in [0.3, 0.4) is 0 Å². The van der Waals surface area contributed by atoms with Gasteiger partial charge in [0, 0.05) is 28.4 Å². The molecule has 136 valence electrons. The molecule has 0 aliphatic heterocycles.